The Kier molecular flexibility index (Phi) is 7.43. The predicted octanol–water partition coefficient (Wildman–Crippen LogP) is 6.80. The molecular weight excluding hydrogens is 586 g/mol. The molecule has 0 saturated heterocycles. The van der Waals surface area contributed by atoms with Crippen LogP contribution in [0.1, 0.15) is 35.1 Å². The molecule has 1 aliphatic heterocycles. The third-order valence-corrected chi connectivity index (χ3v) is 8.57. The van der Waals surface area contributed by atoms with Gasteiger partial charge in [-0.1, -0.05) is 54.1 Å². The van der Waals surface area contributed by atoms with Crippen LogP contribution in [0.5, 0.6) is 5.75 Å². The third-order valence-electron chi connectivity index (χ3n) is 8.31. The fourth-order valence-corrected chi connectivity index (χ4v) is 6.42. The van der Waals surface area contributed by atoms with Crippen LogP contribution in [0.4, 0.5) is 0 Å². The molecule has 6 aromatic rings. The molecule has 1 atom stereocenters. The van der Waals surface area contributed by atoms with Gasteiger partial charge in [0.2, 0.25) is 0 Å². The Morgan fingerprint density at radius 3 is 2.47 bits per heavy atom. The van der Waals surface area contributed by atoms with Gasteiger partial charge in [0.25, 0.3) is 5.56 Å². The second-order valence-electron chi connectivity index (χ2n) is 11.2. The predicted molar refractivity (Wildman–Crippen MR) is 178 cm³/mol. The van der Waals surface area contributed by atoms with Gasteiger partial charge in [-0.05, 0) is 61.5 Å². The SMILES string of the molecule is COc1ccccc1C1=NN(CC(=O)Cc2nc3ccccc3c(=O)n2-c2ccc(Cl)cc2)C(c2c(C)[nH]c3ccccc23)C1. The van der Waals surface area contributed by atoms with Gasteiger partial charge in [-0.15, -0.1) is 0 Å². The van der Waals surface area contributed by atoms with Crippen molar-refractivity contribution in [1.82, 2.24) is 19.5 Å². The fraction of sp³-hybridized carbons (Fsp3) is 0.167. The monoisotopic (exact) mass is 615 g/mol. The quantitative estimate of drug-likeness (QED) is 0.203. The third kappa shape index (κ3) is 5.27. The number of hydrazone groups is 1. The number of nitrogens with one attached hydrogen (secondary N) is 1. The van der Waals surface area contributed by atoms with Crippen molar-refractivity contribution in [2.24, 2.45) is 5.10 Å². The first-order chi connectivity index (χ1) is 21.9. The minimum absolute atomic E-state index is 0.0333. The molecule has 0 fully saturated rings. The Hall–Kier alpha value is -5.21. The Morgan fingerprint density at radius 2 is 1.67 bits per heavy atom. The summed E-state index contributed by atoms with van der Waals surface area (Å²) in [6.45, 7) is 2.09. The lowest BCUT2D eigenvalue weighted by atomic mass is 9.95. The van der Waals surface area contributed by atoms with E-state index in [0.717, 1.165) is 39.2 Å². The Labute approximate surface area is 264 Å². The molecule has 45 heavy (non-hydrogen) atoms. The summed E-state index contributed by atoms with van der Waals surface area (Å²) >= 11 is 6.15. The molecule has 0 amide bonds. The first-order valence-electron chi connectivity index (χ1n) is 14.7. The van der Waals surface area contributed by atoms with Crippen LogP contribution < -0.4 is 10.3 Å². The van der Waals surface area contributed by atoms with Crippen molar-refractivity contribution in [2.75, 3.05) is 13.7 Å². The maximum absolute atomic E-state index is 14.0. The van der Waals surface area contributed by atoms with Crippen LogP contribution in [0.15, 0.2) is 107 Å². The van der Waals surface area contributed by atoms with Gasteiger partial charge in [-0.25, -0.2) is 4.98 Å². The van der Waals surface area contributed by atoms with E-state index in [1.165, 1.54) is 4.57 Å². The van der Waals surface area contributed by atoms with Gasteiger partial charge in [-0.2, -0.15) is 5.10 Å². The van der Waals surface area contributed by atoms with Crippen LogP contribution in [-0.2, 0) is 11.2 Å². The second kappa shape index (κ2) is 11.7. The van der Waals surface area contributed by atoms with E-state index in [-0.39, 0.29) is 30.3 Å². The minimum Gasteiger partial charge on any atom is -0.496 e. The molecule has 0 spiro atoms. The second-order valence-corrected chi connectivity index (χ2v) is 11.6. The number of aromatic amines is 1. The highest BCUT2D eigenvalue weighted by Gasteiger charge is 2.34. The van der Waals surface area contributed by atoms with E-state index >= 15 is 0 Å². The van der Waals surface area contributed by atoms with Crippen LogP contribution in [-0.4, -0.2) is 44.7 Å². The number of benzene rings is 4. The van der Waals surface area contributed by atoms with Gasteiger partial charge in [-0.3, -0.25) is 19.2 Å². The highest BCUT2D eigenvalue weighted by atomic mass is 35.5. The number of aryl methyl sites for hydroxylation is 1. The van der Waals surface area contributed by atoms with Crippen molar-refractivity contribution < 1.29 is 9.53 Å². The molecule has 4 aromatic carbocycles. The van der Waals surface area contributed by atoms with E-state index in [1.807, 2.05) is 47.5 Å². The van der Waals surface area contributed by atoms with Gasteiger partial charge in [0.15, 0.2) is 5.78 Å². The molecule has 0 aliphatic carbocycles. The lowest BCUT2D eigenvalue weighted by Gasteiger charge is -2.24. The molecule has 0 radical (unpaired) electrons. The Morgan fingerprint density at radius 1 is 0.956 bits per heavy atom. The van der Waals surface area contributed by atoms with Gasteiger partial charge >= 0.3 is 0 Å². The number of H-pyrrole nitrogens is 1. The van der Waals surface area contributed by atoms with Crippen molar-refractivity contribution in [3.05, 3.63) is 135 Å². The number of ketones is 1. The van der Waals surface area contributed by atoms with E-state index in [1.54, 1.807) is 49.6 Å². The number of nitrogens with zero attached hydrogens (tertiary/aromatic N) is 4. The first-order valence-corrected chi connectivity index (χ1v) is 15.1. The smallest absolute Gasteiger partial charge is 0.265 e. The number of para-hydroxylation sites is 3. The summed E-state index contributed by atoms with van der Waals surface area (Å²) in [5, 5.41) is 9.02. The zero-order valence-corrected chi connectivity index (χ0v) is 25.6. The zero-order valence-electron chi connectivity index (χ0n) is 24.8. The number of Topliss-reactive ketones (excluding diaryl/α,β-unsaturated/α-hetero) is 1. The minimum atomic E-state index is -0.240. The van der Waals surface area contributed by atoms with Crippen molar-refractivity contribution in [1.29, 1.82) is 0 Å². The highest BCUT2D eigenvalue weighted by molar-refractivity contribution is 6.30. The van der Waals surface area contributed by atoms with Crippen LogP contribution >= 0.6 is 11.6 Å². The number of ether oxygens (including phenoxy) is 1. The average molecular weight is 616 g/mol. The summed E-state index contributed by atoms with van der Waals surface area (Å²) in [5.74, 6) is 0.970. The van der Waals surface area contributed by atoms with Crippen molar-refractivity contribution in [3.63, 3.8) is 0 Å². The molecule has 1 N–H and O–H groups in total. The van der Waals surface area contributed by atoms with E-state index in [0.29, 0.717) is 33.9 Å². The molecule has 7 rings (SSSR count). The number of fused-ring (bicyclic) bond motifs is 2. The first kappa shape index (κ1) is 28.6. The van der Waals surface area contributed by atoms with Gasteiger partial charge < -0.3 is 9.72 Å². The number of hydrogen-bond donors (Lipinski definition) is 1. The van der Waals surface area contributed by atoms with Crippen molar-refractivity contribution in [2.45, 2.75) is 25.8 Å². The summed E-state index contributed by atoms with van der Waals surface area (Å²) in [4.78, 5) is 36.0. The zero-order chi connectivity index (χ0) is 31.1. The standard InChI is InChI=1S/C36H30ClN5O3/c1-22-35(27-10-3-6-12-29(27)38-22)32-20-31(26-9-5-8-14-33(26)45-2)40-41(32)21-25(43)19-34-39-30-13-7-4-11-28(30)36(44)42(34)24-17-15-23(37)16-18-24/h3-18,32,38H,19-21H2,1-2H3. The normalized spacial score (nSPS) is 14.7. The largest absolute Gasteiger partial charge is 0.496 e. The van der Waals surface area contributed by atoms with Crippen molar-refractivity contribution in [3.8, 4) is 11.4 Å². The van der Waals surface area contributed by atoms with Crippen LogP contribution in [0.25, 0.3) is 27.5 Å². The molecule has 1 unspecified atom stereocenters. The molecule has 0 bridgehead atoms. The number of carbonyl (C=O) groups is 1. The van der Waals surface area contributed by atoms with Crippen LogP contribution in [0.2, 0.25) is 5.02 Å². The van der Waals surface area contributed by atoms with Crippen molar-refractivity contribution >= 4 is 44.9 Å². The maximum Gasteiger partial charge on any atom is 0.265 e. The Bertz CT molecular complexity index is 2170. The summed E-state index contributed by atoms with van der Waals surface area (Å²) < 4.78 is 7.17. The summed E-state index contributed by atoms with van der Waals surface area (Å²) in [6.07, 6.45) is 0.540. The van der Waals surface area contributed by atoms with E-state index < -0.39 is 0 Å². The topological polar surface area (TPSA) is 92.6 Å². The van der Waals surface area contributed by atoms with E-state index in [9.17, 15) is 9.59 Å². The summed E-state index contributed by atoms with van der Waals surface area (Å²) in [7, 11) is 1.65. The number of hydrogen-bond acceptors (Lipinski definition) is 6. The lowest BCUT2D eigenvalue weighted by Crippen LogP contribution is -2.30. The number of rotatable bonds is 8. The summed E-state index contributed by atoms with van der Waals surface area (Å²) in [5.41, 5.74) is 5.81. The van der Waals surface area contributed by atoms with Gasteiger partial charge in [0, 0.05) is 39.2 Å². The van der Waals surface area contributed by atoms with E-state index in [2.05, 4.69) is 24.0 Å². The van der Waals surface area contributed by atoms with Crippen LogP contribution in [0, 0.1) is 6.92 Å². The van der Waals surface area contributed by atoms with Gasteiger partial charge in [0.05, 0.1) is 48.4 Å². The molecular formula is C36H30ClN5O3. The molecule has 3 heterocycles. The molecule has 9 heteroatoms. The Balaban J connectivity index is 1.28. The highest BCUT2D eigenvalue weighted by Crippen LogP contribution is 2.39. The molecule has 2 aromatic heterocycles. The number of carbonyl (C=O) groups excluding carboxylic acids is 1. The lowest BCUT2D eigenvalue weighted by molar-refractivity contribution is -0.120. The molecule has 0 saturated carbocycles. The number of halogens is 1. The van der Waals surface area contributed by atoms with E-state index in [4.69, 9.17) is 26.4 Å². The molecule has 8 nitrogen and oxygen atoms in total. The number of methoxy groups -OCH3 is 1. The fourth-order valence-electron chi connectivity index (χ4n) is 6.29. The van der Waals surface area contributed by atoms with Gasteiger partial charge in [0.1, 0.15) is 11.6 Å². The average Bonchev–Trinajstić information content (AvgIpc) is 3.60. The van der Waals surface area contributed by atoms with Crippen LogP contribution in [0.3, 0.4) is 0 Å². The summed E-state index contributed by atoms with van der Waals surface area (Å²) in [6, 6.07) is 29.9. The number of aromatic nitrogens is 3. The maximum atomic E-state index is 14.0. The molecule has 1 aliphatic rings. The molecule has 224 valence electrons.